The minimum Gasteiger partial charge on any atom is -0.444 e. The van der Waals surface area contributed by atoms with Crippen LogP contribution in [0, 0.1) is 5.41 Å². The number of hydrogen-bond donors (Lipinski definition) is 2. The molecule has 4 heteroatoms. The van der Waals surface area contributed by atoms with Crippen molar-refractivity contribution < 1.29 is 9.53 Å². The third-order valence-corrected chi connectivity index (χ3v) is 2.16. The zero-order chi connectivity index (χ0) is 12.8. The number of carbonyl (C=O) groups excluding carboxylic acids is 1. The van der Waals surface area contributed by atoms with Crippen molar-refractivity contribution in [2.75, 3.05) is 20.1 Å². The first-order valence-electron chi connectivity index (χ1n) is 5.78. The molecule has 0 radical (unpaired) electrons. The van der Waals surface area contributed by atoms with Crippen molar-refractivity contribution in [2.24, 2.45) is 5.41 Å². The van der Waals surface area contributed by atoms with E-state index in [0.717, 1.165) is 13.0 Å². The van der Waals surface area contributed by atoms with Crippen LogP contribution in [0.4, 0.5) is 4.79 Å². The van der Waals surface area contributed by atoms with Gasteiger partial charge in [-0.1, -0.05) is 13.8 Å². The van der Waals surface area contributed by atoms with Gasteiger partial charge in [0, 0.05) is 6.54 Å². The van der Waals surface area contributed by atoms with Gasteiger partial charge < -0.3 is 15.4 Å². The molecule has 0 fully saturated rings. The van der Waals surface area contributed by atoms with E-state index in [9.17, 15) is 4.79 Å². The van der Waals surface area contributed by atoms with Crippen molar-refractivity contribution in [3.05, 3.63) is 0 Å². The molecule has 0 aromatic heterocycles. The predicted octanol–water partition coefficient (Wildman–Crippen LogP) is 2.15. The van der Waals surface area contributed by atoms with E-state index in [0.29, 0.717) is 6.54 Å². The summed E-state index contributed by atoms with van der Waals surface area (Å²) in [4.78, 5) is 11.4. The number of nitrogens with one attached hydrogen (secondary N) is 2. The Labute approximate surface area is 99.1 Å². The average Bonchev–Trinajstić information content (AvgIpc) is 2.09. The molecule has 2 N–H and O–H groups in total. The lowest BCUT2D eigenvalue weighted by atomic mass is 9.89. The maximum atomic E-state index is 11.4. The molecule has 0 aromatic rings. The third-order valence-electron chi connectivity index (χ3n) is 2.16. The molecule has 16 heavy (non-hydrogen) atoms. The predicted molar refractivity (Wildman–Crippen MR) is 66.6 cm³/mol. The van der Waals surface area contributed by atoms with Crippen LogP contribution in [0.15, 0.2) is 0 Å². The molecule has 0 heterocycles. The molecular weight excluding hydrogens is 204 g/mol. The van der Waals surface area contributed by atoms with E-state index < -0.39 is 5.60 Å². The number of amides is 1. The SMILES string of the molecule is CNCCC(C)(C)CNC(=O)OC(C)(C)C. The first-order valence-corrected chi connectivity index (χ1v) is 5.78. The summed E-state index contributed by atoms with van der Waals surface area (Å²) in [5, 5.41) is 5.91. The third kappa shape index (κ3) is 8.53. The van der Waals surface area contributed by atoms with Crippen LogP contribution in [0.5, 0.6) is 0 Å². The molecule has 0 bridgehead atoms. The summed E-state index contributed by atoms with van der Waals surface area (Å²) in [5.74, 6) is 0. The molecule has 0 aromatic carbocycles. The molecule has 0 saturated heterocycles. The van der Waals surface area contributed by atoms with Crippen LogP contribution < -0.4 is 10.6 Å². The van der Waals surface area contributed by atoms with Crippen LogP contribution in [-0.2, 0) is 4.74 Å². The fourth-order valence-corrected chi connectivity index (χ4v) is 1.18. The van der Waals surface area contributed by atoms with Crippen LogP contribution in [0.25, 0.3) is 0 Å². The van der Waals surface area contributed by atoms with Gasteiger partial charge in [0.25, 0.3) is 0 Å². The smallest absolute Gasteiger partial charge is 0.407 e. The highest BCUT2D eigenvalue weighted by molar-refractivity contribution is 5.67. The molecule has 0 spiro atoms. The van der Waals surface area contributed by atoms with Crippen LogP contribution in [0.1, 0.15) is 41.0 Å². The summed E-state index contributed by atoms with van der Waals surface area (Å²) in [6.45, 7) is 11.4. The maximum absolute atomic E-state index is 11.4. The topological polar surface area (TPSA) is 50.4 Å². The van der Waals surface area contributed by atoms with Crippen LogP contribution in [0.3, 0.4) is 0 Å². The lowest BCUT2D eigenvalue weighted by molar-refractivity contribution is 0.0504. The fraction of sp³-hybridized carbons (Fsp3) is 0.917. The second-order valence-corrected chi connectivity index (χ2v) is 5.87. The van der Waals surface area contributed by atoms with Gasteiger partial charge in [0.15, 0.2) is 0 Å². The van der Waals surface area contributed by atoms with Crippen LogP contribution in [0.2, 0.25) is 0 Å². The Morgan fingerprint density at radius 3 is 2.19 bits per heavy atom. The summed E-state index contributed by atoms with van der Waals surface area (Å²) >= 11 is 0. The zero-order valence-corrected chi connectivity index (χ0v) is 11.4. The fourth-order valence-electron chi connectivity index (χ4n) is 1.18. The quantitative estimate of drug-likeness (QED) is 0.761. The molecule has 0 unspecified atom stereocenters. The monoisotopic (exact) mass is 230 g/mol. The Kier molecular flexibility index (Phi) is 5.79. The molecule has 0 aliphatic carbocycles. The summed E-state index contributed by atoms with van der Waals surface area (Å²) in [6, 6.07) is 0. The molecule has 0 atom stereocenters. The summed E-state index contributed by atoms with van der Waals surface area (Å²) in [7, 11) is 1.93. The van der Waals surface area contributed by atoms with Crippen molar-refractivity contribution in [1.29, 1.82) is 0 Å². The van der Waals surface area contributed by atoms with Crippen molar-refractivity contribution in [2.45, 2.75) is 46.6 Å². The van der Waals surface area contributed by atoms with Gasteiger partial charge in [-0.15, -0.1) is 0 Å². The van der Waals surface area contributed by atoms with Crippen molar-refractivity contribution in [1.82, 2.24) is 10.6 Å². The molecule has 96 valence electrons. The van der Waals surface area contributed by atoms with Gasteiger partial charge in [0.05, 0.1) is 0 Å². The normalized spacial score (nSPS) is 12.4. The highest BCUT2D eigenvalue weighted by atomic mass is 16.6. The number of carbonyl (C=O) groups is 1. The van der Waals surface area contributed by atoms with Gasteiger partial charge >= 0.3 is 6.09 Å². The van der Waals surface area contributed by atoms with Crippen molar-refractivity contribution in [3.8, 4) is 0 Å². The minimum absolute atomic E-state index is 0.0832. The number of alkyl carbamates (subject to hydrolysis) is 1. The Bertz CT molecular complexity index is 220. The van der Waals surface area contributed by atoms with E-state index in [-0.39, 0.29) is 11.5 Å². The van der Waals surface area contributed by atoms with E-state index in [4.69, 9.17) is 4.74 Å². The average molecular weight is 230 g/mol. The van der Waals surface area contributed by atoms with E-state index in [1.807, 2.05) is 27.8 Å². The van der Waals surface area contributed by atoms with Crippen LogP contribution in [-0.4, -0.2) is 31.8 Å². The maximum Gasteiger partial charge on any atom is 0.407 e. The first-order chi connectivity index (χ1) is 7.16. The van der Waals surface area contributed by atoms with Gasteiger partial charge in [-0.2, -0.15) is 0 Å². The number of ether oxygens (including phenoxy) is 1. The largest absolute Gasteiger partial charge is 0.444 e. The Hall–Kier alpha value is -0.770. The number of hydrogen-bond acceptors (Lipinski definition) is 3. The molecule has 0 rings (SSSR count). The second-order valence-electron chi connectivity index (χ2n) is 5.87. The lowest BCUT2D eigenvalue weighted by Crippen LogP contribution is -2.38. The van der Waals surface area contributed by atoms with Gasteiger partial charge in [-0.25, -0.2) is 4.79 Å². The van der Waals surface area contributed by atoms with E-state index in [1.54, 1.807) is 0 Å². The highest BCUT2D eigenvalue weighted by Gasteiger charge is 2.21. The molecular formula is C12H26N2O2. The van der Waals surface area contributed by atoms with Crippen molar-refractivity contribution >= 4 is 6.09 Å². The first kappa shape index (κ1) is 15.2. The second kappa shape index (κ2) is 6.09. The standard InChI is InChI=1S/C12H26N2O2/c1-11(2,3)16-10(15)14-9-12(4,5)7-8-13-6/h13H,7-9H2,1-6H3,(H,14,15). The van der Waals surface area contributed by atoms with Crippen molar-refractivity contribution in [3.63, 3.8) is 0 Å². The van der Waals surface area contributed by atoms with Gasteiger partial charge in [-0.3, -0.25) is 0 Å². The number of rotatable bonds is 5. The summed E-state index contributed by atoms with van der Waals surface area (Å²) in [6.07, 6.45) is 0.671. The van der Waals surface area contributed by atoms with Crippen LogP contribution >= 0.6 is 0 Å². The lowest BCUT2D eigenvalue weighted by Gasteiger charge is -2.26. The van der Waals surface area contributed by atoms with Gasteiger partial charge in [0.2, 0.25) is 0 Å². The van der Waals surface area contributed by atoms with Gasteiger partial charge in [0.1, 0.15) is 5.60 Å². The molecule has 1 amide bonds. The molecule has 0 saturated carbocycles. The molecule has 0 aliphatic rings. The van der Waals surface area contributed by atoms with Gasteiger partial charge in [-0.05, 0) is 46.2 Å². The van der Waals surface area contributed by atoms with E-state index in [1.165, 1.54) is 0 Å². The Morgan fingerprint density at radius 2 is 1.75 bits per heavy atom. The zero-order valence-electron chi connectivity index (χ0n) is 11.4. The molecule has 4 nitrogen and oxygen atoms in total. The van der Waals surface area contributed by atoms with E-state index in [2.05, 4.69) is 24.5 Å². The highest BCUT2D eigenvalue weighted by Crippen LogP contribution is 2.18. The molecule has 0 aliphatic heterocycles. The van der Waals surface area contributed by atoms with E-state index >= 15 is 0 Å². The Morgan fingerprint density at radius 1 is 1.19 bits per heavy atom. The summed E-state index contributed by atoms with van der Waals surface area (Å²) in [5.41, 5.74) is -0.348. The Balaban J connectivity index is 3.90. The minimum atomic E-state index is -0.431. The summed E-state index contributed by atoms with van der Waals surface area (Å²) < 4.78 is 5.17.